The maximum atomic E-state index is 12.4. The molecule has 1 N–H and O–H groups in total. The minimum atomic E-state index is -0.215. The molecule has 2 aromatic heterocycles. The summed E-state index contributed by atoms with van der Waals surface area (Å²) in [7, 11) is 0. The number of nitrogens with zero attached hydrogens (tertiary/aromatic N) is 3. The van der Waals surface area contributed by atoms with Gasteiger partial charge in [-0.25, -0.2) is 0 Å². The summed E-state index contributed by atoms with van der Waals surface area (Å²) >= 11 is 12.0. The summed E-state index contributed by atoms with van der Waals surface area (Å²) in [5.41, 5.74) is 4.82. The first-order valence-electron chi connectivity index (χ1n) is 9.36. The normalized spacial score (nSPS) is 13.2. The zero-order valence-corrected chi connectivity index (χ0v) is 16.8. The number of benzene rings is 1. The lowest BCUT2D eigenvalue weighted by molar-refractivity contribution is 0.0952. The van der Waals surface area contributed by atoms with Gasteiger partial charge in [0.2, 0.25) is 0 Å². The van der Waals surface area contributed by atoms with Gasteiger partial charge in [-0.2, -0.15) is 5.10 Å². The van der Waals surface area contributed by atoms with E-state index in [-0.39, 0.29) is 5.91 Å². The number of carbonyl (C=O) groups is 1. The Morgan fingerprint density at radius 3 is 2.79 bits per heavy atom. The second-order valence-corrected chi connectivity index (χ2v) is 7.64. The highest BCUT2D eigenvalue weighted by Gasteiger charge is 2.22. The summed E-state index contributed by atoms with van der Waals surface area (Å²) in [6, 6.07) is 10.7. The van der Waals surface area contributed by atoms with Crippen LogP contribution < -0.4 is 5.32 Å². The summed E-state index contributed by atoms with van der Waals surface area (Å²) in [6.07, 6.45) is 6.15. The van der Waals surface area contributed by atoms with E-state index in [4.69, 9.17) is 28.3 Å². The molecule has 1 aliphatic carbocycles. The first kappa shape index (κ1) is 19.0. The number of rotatable bonds is 5. The molecule has 2 heterocycles. The average Bonchev–Trinajstić information content (AvgIpc) is 3.07. The maximum Gasteiger partial charge on any atom is 0.252 e. The van der Waals surface area contributed by atoms with E-state index in [9.17, 15) is 4.79 Å². The van der Waals surface area contributed by atoms with Crippen LogP contribution in [0.15, 0.2) is 42.6 Å². The zero-order valence-electron chi connectivity index (χ0n) is 15.3. The van der Waals surface area contributed by atoms with Crippen LogP contribution in [0.4, 0.5) is 0 Å². The molecule has 0 atom stereocenters. The van der Waals surface area contributed by atoms with Gasteiger partial charge in [-0.15, -0.1) is 0 Å². The van der Waals surface area contributed by atoms with Crippen molar-refractivity contribution >= 4 is 29.1 Å². The lowest BCUT2D eigenvalue weighted by Gasteiger charge is -2.14. The second kappa shape index (κ2) is 8.33. The Kier molecular flexibility index (Phi) is 5.64. The molecular formula is C21H20Cl2N4O. The fourth-order valence-electron chi connectivity index (χ4n) is 3.61. The number of hydrogen-bond donors (Lipinski definition) is 1. The van der Waals surface area contributed by atoms with Crippen LogP contribution in [-0.2, 0) is 19.4 Å². The summed E-state index contributed by atoms with van der Waals surface area (Å²) < 4.78 is 2.02. The molecule has 0 radical (unpaired) electrons. The number of aromatic nitrogens is 3. The standard InChI is InChI=1S/C21H20Cl2N4O/c22-14-8-9-15(17(23)13-14)21(28)25-11-12-27-19-7-2-1-5-16(19)20(26-27)18-6-3-4-10-24-18/h3-4,6,8-10,13H,1-2,5,7,11-12H2,(H,25,28). The second-order valence-electron chi connectivity index (χ2n) is 6.80. The third-order valence-corrected chi connectivity index (χ3v) is 5.50. The Morgan fingerprint density at radius 1 is 1.14 bits per heavy atom. The minimum Gasteiger partial charge on any atom is -0.350 e. The van der Waals surface area contributed by atoms with Crippen molar-refractivity contribution in [2.24, 2.45) is 0 Å². The van der Waals surface area contributed by atoms with Crippen LogP contribution in [0.25, 0.3) is 11.4 Å². The van der Waals surface area contributed by atoms with Gasteiger partial charge in [0.15, 0.2) is 0 Å². The highest BCUT2D eigenvalue weighted by molar-refractivity contribution is 6.36. The van der Waals surface area contributed by atoms with E-state index in [1.165, 1.54) is 17.7 Å². The summed E-state index contributed by atoms with van der Waals surface area (Å²) in [6.45, 7) is 1.07. The van der Waals surface area contributed by atoms with Crippen LogP contribution >= 0.6 is 23.2 Å². The molecule has 1 aliphatic rings. The molecule has 5 nitrogen and oxygen atoms in total. The molecule has 0 saturated carbocycles. The van der Waals surface area contributed by atoms with E-state index in [1.807, 2.05) is 22.9 Å². The Hall–Kier alpha value is -2.37. The summed E-state index contributed by atoms with van der Waals surface area (Å²) in [5, 5.41) is 8.59. The van der Waals surface area contributed by atoms with Crippen molar-refractivity contribution in [2.75, 3.05) is 6.54 Å². The van der Waals surface area contributed by atoms with Gasteiger partial charge in [0.1, 0.15) is 5.69 Å². The first-order chi connectivity index (χ1) is 13.6. The zero-order chi connectivity index (χ0) is 19.5. The molecule has 4 rings (SSSR count). The number of hydrogen-bond acceptors (Lipinski definition) is 3. The van der Waals surface area contributed by atoms with Crippen LogP contribution in [0.1, 0.15) is 34.5 Å². The van der Waals surface area contributed by atoms with E-state index in [0.717, 1.165) is 30.7 Å². The van der Waals surface area contributed by atoms with E-state index < -0.39 is 0 Å². The molecule has 0 fully saturated rings. The van der Waals surface area contributed by atoms with Gasteiger partial charge in [-0.1, -0.05) is 29.3 Å². The monoisotopic (exact) mass is 414 g/mol. The van der Waals surface area contributed by atoms with Crippen molar-refractivity contribution in [3.05, 3.63) is 69.5 Å². The molecule has 144 valence electrons. The highest BCUT2D eigenvalue weighted by atomic mass is 35.5. The quantitative estimate of drug-likeness (QED) is 0.665. The number of carbonyl (C=O) groups excluding carboxylic acids is 1. The van der Waals surface area contributed by atoms with Crippen LogP contribution in [0, 0.1) is 0 Å². The summed E-state index contributed by atoms with van der Waals surface area (Å²) in [5.74, 6) is -0.215. The van der Waals surface area contributed by atoms with Gasteiger partial charge < -0.3 is 5.32 Å². The van der Waals surface area contributed by atoms with Crippen molar-refractivity contribution in [3.63, 3.8) is 0 Å². The molecule has 0 saturated heterocycles. The number of pyridine rings is 1. The molecule has 0 unspecified atom stereocenters. The van der Waals surface area contributed by atoms with Crippen molar-refractivity contribution in [3.8, 4) is 11.4 Å². The van der Waals surface area contributed by atoms with E-state index in [0.29, 0.717) is 28.7 Å². The van der Waals surface area contributed by atoms with Crippen molar-refractivity contribution in [1.29, 1.82) is 0 Å². The smallest absolute Gasteiger partial charge is 0.252 e. The molecule has 7 heteroatoms. The lowest BCUT2D eigenvalue weighted by Crippen LogP contribution is -2.28. The molecule has 1 aromatic carbocycles. The van der Waals surface area contributed by atoms with Crippen molar-refractivity contribution < 1.29 is 4.79 Å². The van der Waals surface area contributed by atoms with Gasteiger partial charge >= 0.3 is 0 Å². The summed E-state index contributed by atoms with van der Waals surface area (Å²) in [4.78, 5) is 16.9. The molecule has 1 amide bonds. The molecule has 0 spiro atoms. The molecular weight excluding hydrogens is 395 g/mol. The van der Waals surface area contributed by atoms with Crippen LogP contribution in [-0.4, -0.2) is 27.2 Å². The Morgan fingerprint density at radius 2 is 2.00 bits per heavy atom. The van der Waals surface area contributed by atoms with E-state index >= 15 is 0 Å². The average molecular weight is 415 g/mol. The largest absolute Gasteiger partial charge is 0.350 e. The SMILES string of the molecule is O=C(NCCn1nc(-c2ccccn2)c2c1CCCC2)c1ccc(Cl)cc1Cl. The van der Waals surface area contributed by atoms with Gasteiger partial charge in [0.05, 0.1) is 22.8 Å². The van der Waals surface area contributed by atoms with Gasteiger partial charge in [0, 0.05) is 29.0 Å². The third-order valence-electron chi connectivity index (χ3n) is 4.95. The molecule has 3 aromatic rings. The Balaban J connectivity index is 1.49. The minimum absolute atomic E-state index is 0.215. The van der Waals surface area contributed by atoms with Crippen LogP contribution in [0.5, 0.6) is 0 Å². The number of halogens is 2. The van der Waals surface area contributed by atoms with Gasteiger partial charge in [-0.3, -0.25) is 14.5 Å². The third kappa shape index (κ3) is 3.91. The first-order valence-corrected chi connectivity index (χ1v) is 10.1. The van der Waals surface area contributed by atoms with Gasteiger partial charge in [0.25, 0.3) is 5.91 Å². The molecule has 0 aliphatic heterocycles. The number of nitrogens with one attached hydrogen (secondary N) is 1. The Labute approximate surface area is 173 Å². The van der Waals surface area contributed by atoms with Crippen LogP contribution in [0.2, 0.25) is 10.0 Å². The topological polar surface area (TPSA) is 59.8 Å². The maximum absolute atomic E-state index is 12.4. The fraction of sp³-hybridized carbons (Fsp3) is 0.286. The number of fused-ring (bicyclic) bond motifs is 1. The fourth-order valence-corrected chi connectivity index (χ4v) is 4.10. The highest BCUT2D eigenvalue weighted by Crippen LogP contribution is 2.30. The van der Waals surface area contributed by atoms with Crippen molar-refractivity contribution in [1.82, 2.24) is 20.1 Å². The number of amides is 1. The predicted molar refractivity (Wildman–Crippen MR) is 111 cm³/mol. The molecule has 28 heavy (non-hydrogen) atoms. The van der Waals surface area contributed by atoms with Crippen LogP contribution in [0.3, 0.4) is 0 Å². The molecule has 0 bridgehead atoms. The lowest BCUT2D eigenvalue weighted by atomic mass is 9.95. The van der Waals surface area contributed by atoms with Gasteiger partial charge in [-0.05, 0) is 56.0 Å². The predicted octanol–water partition coefficient (Wildman–Crippen LogP) is 4.56. The van der Waals surface area contributed by atoms with E-state index in [1.54, 1.807) is 24.4 Å². The Bertz CT molecular complexity index is 1000. The van der Waals surface area contributed by atoms with E-state index in [2.05, 4.69) is 10.3 Å². The van der Waals surface area contributed by atoms with Crippen molar-refractivity contribution in [2.45, 2.75) is 32.2 Å².